The molecule has 0 amide bonds. The molecule has 16 heavy (non-hydrogen) atoms. The van der Waals surface area contributed by atoms with Crippen molar-refractivity contribution in [3.05, 3.63) is 28.8 Å². The van der Waals surface area contributed by atoms with Gasteiger partial charge in [-0.2, -0.15) is 0 Å². The molecule has 0 unspecified atom stereocenters. The molecule has 2 rings (SSSR count). The van der Waals surface area contributed by atoms with E-state index in [1.165, 1.54) is 6.07 Å². The van der Waals surface area contributed by atoms with E-state index in [0.29, 0.717) is 5.92 Å². The normalized spacial score (nSPS) is 18.7. The third-order valence-corrected chi connectivity index (χ3v) is 3.13. The van der Waals surface area contributed by atoms with Crippen molar-refractivity contribution in [1.29, 1.82) is 0 Å². The van der Waals surface area contributed by atoms with Gasteiger partial charge in [0.15, 0.2) is 0 Å². The summed E-state index contributed by atoms with van der Waals surface area (Å²) in [5.41, 5.74) is 6.67. The molecular weight excluding hydrogens is 249 g/mol. The molecule has 1 saturated carbocycles. The van der Waals surface area contributed by atoms with Crippen LogP contribution in [0.25, 0.3) is 0 Å². The van der Waals surface area contributed by atoms with Crippen LogP contribution in [-0.2, 0) is 0 Å². The van der Waals surface area contributed by atoms with Gasteiger partial charge in [0, 0.05) is 0 Å². The predicted molar refractivity (Wildman–Crippen MR) is 66.0 cm³/mol. The van der Waals surface area contributed by atoms with Crippen LogP contribution >= 0.6 is 24.0 Å². The van der Waals surface area contributed by atoms with E-state index in [4.69, 9.17) is 17.3 Å². The number of benzene rings is 1. The number of aliphatic hydroxyl groups is 1. The Morgan fingerprint density at radius 3 is 2.50 bits per heavy atom. The number of rotatable bonds is 3. The lowest BCUT2D eigenvalue weighted by molar-refractivity contribution is 0.122. The molecule has 3 nitrogen and oxygen atoms in total. The molecule has 0 radical (unpaired) electrons. The molecule has 0 spiro atoms. The standard InChI is InChI=1S/C11H14ClNO2.ClH/c12-8-5-7(3-4-9(8)14)10(13)11(15)6-1-2-6;/h3-6,10-11,14-15H,1-2,13H2;1H/t10-,11+;/m0./s1. The number of phenolic OH excluding ortho intramolecular Hbond substituents is 1. The van der Waals surface area contributed by atoms with E-state index in [0.717, 1.165) is 18.4 Å². The van der Waals surface area contributed by atoms with Gasteiger partial charge < -0.3 is 15.9 Å². The molecule has 2 atom stereocenters. The van der Waals surface area contributed by atoms with Gasteiger partial charge in [-0.25, -0.2) is 0 Å². The fourth-order valence-electron chi connectivity index (χ4n) is 1.66. The zero-order chi connectivity index (χ0) is 11.0. The topological polar surface area (TPSA) is 66.5 Å². The quantitative estimate of drug-likeness (QED) is 0.784. The molecule has 0 saturated heterocycles. The third kappa shape index (κ3) is 2.80. The zero-order valence-electron chi connectivity index (χ0n) is 8.64. The molecule has 1 aliphatic carbocycles. The fraction of sp³-hybridized carbons (Fsp3) is 0.455. The fourth-order valence-corrected chi connectivity index (χ4v) is 1.85. The van der Waals surface area contributed by atoms with Crippen LogP contribution in [0, 0.1) is 5.92 Å². The van der Waals surface area contributed by atoms with Gasteiger partial charge in [-0.3, -0.25) is 0 Å². The molecule has 0 bridgehead atoms. The number of nitrogens with two attached hydrogens (primary N) is 1. The van der Waals surface area contributed by atoms with Gasteiger partial charge in [-0.15, -0.1) is 12.4 Å². The Balaban J connectivity index is 0.00000128. The van der Waals surface area contributed by atoms with Gasteiger partial charge in [0.05, 0.1) is 17.2 Å². The highest BCUT2D eigenvalue weighted by molar-refractivity contribution is 6.32. The highest BCUT2D eigenvalue weighted by atomic mass is 35.5. The van der Waals surface area contributed by atoms with E-state index in [1.54, 1.807) is 12.1 Å². The number of halogens is 2. The van der Waals surface area contributed by atoms with Gasteiger partial charge in [0.1, 0.15) is 5.75 Å². The zero-order valence-corrected chi connectivity index (χ0v) is 10.2. The summed E-state index contributed by atoms with van der Waals surface area (Å²) in [5.74, 6) is 0.362. The second-order valence-corrected chi connectivity index (χ2v) is 4.47. The second kappa shape index (κ2) is 5.23. The minimum Gasteiger partial charge on any atom is -0.506 e. The van der Waals surface area contributed by atoms with Crippen molar-refractivity contribution in [2.24, 2.45) is 11.7 Å². The molecule has 1 fully saturated rings. The Morgan fingerprint density at radius 2 is 2.00 bits per heavy atom. The average molecular weight is 264 g/mol. The Labute approximate surface area is 106 Å². The summed E-state index contributed by atoms with van der Waals surface area (Å²) in [6.07, 6.45) is 1.58. The lowest BCUT2D eigenvalue weighted by atomic mass is 9.99. The molecule has 1 aromatic carbocycles. The molecule has 0 aromatic heterocycles. The maximum atomic E-state index is 9.84. The summed E-state index contributed by atoms with van der Waals surface area (Å²) in [6, 6.07) is 4.37. The van der Waals surface area contributed by atoms with Crippen molar-refractivity contribution in [2.75, 3.05) is 0 Å². The van der Waals surface area contributed by atoms with Gasteiger partial charge in [0.25, 0.3) is 0 Å². The van der Waals surface area contributed by atoms with E-state index in [-0.39, 0.29) is 23.2 Å². The minimum absolute atomic E-state index is 0. The van der Waals surface area contributed by atoms with E-state index in [1.807, 2.05) is 0 Å². The van der Waals surface area contributed by atoms with Crippen LogP contribution in [0.5, 0.6) is 5.75 Å². The Hall–Kier alpha value is -0.480. The number of phenols is 1. The van der Waals surface area contributed by atoms with Crippen LogP contribution in [0.15, 0.2) is 18.2 Å². The largest absolute Gasteiger partial charge is 0.506 e. The SMILES string of the molecule is Cl.N[C@@H](c1ccc(O)c(Cl)c1)[C@H](O)C1CC1. The van der Waals surface area contributed by atoms with E-state index >= 15 is 0 Å². The minimum atomic E-state index is -0.509. The average Bonchev–Trinajstić information content (AvgIpc) is 3.03. The molecule has 1 aliphatic rings. The molecule has 1 aromatic rings. The van der Waals surface area contributed by atoms with E-state index in [9.17, 15) is 10.2 Å². The van der Waals surface area contributed by atoms with Crippen LogP contribution in [0.2, 0.25) is 5.02 Å². The highest BCUT2D eigenvalue weighted by Gasteiger charge is 2.34. The molecular formula is C11H15Cl2NO2. The number of hydrogen-bond acceptors (Lipinski definition) is 3. The van der Waals surface area contributed by atoms with Crippen LogP contribution in [0.1, 0.15) is 24.4 Å². The van der Waals surface area contributed by atoms with Crippen LogP contribution in [0.3, 0.4) is 0 Å². The monoisotopic (exact) mass is 263 g/mol. The first kappa shape index (κ1) is 13.6. The van der Waals surface area contributed by atoms with Gasteiger partial charge in [0.2, 0.25) is 0 Å². The van der Waals surface area contributed by atoms with E-state index < -0.39 is 12.1 Å². The Bertz CT molecular complexity index is 369. The summed E-state index contributed by atoms with van der Waals surface area (Å²) in [4.78, 5) is 0. The Morgan fingerprint density at radius 1 is 1.38 bits per heavy atom. The maximum Gasteiger partial charge on any atom is 0.134 e. The van der Waals surface area contributed by atoms with Crippen LogP contribution < -0.4 is 5.73 Å². The predicted octanol–water partition coefficient (Wildman–Crippen LogP) is 2.24. The highest BCUT2D eigenvalue weighted by Crippen LogP contribution is 2.38. The van der Waals surface area contributed by atoms with Gasteiger partial charge in [-0.05, 0) is 36.5 Å². The number of hydrogen-bond donors (Lipinski definition) is 3. The van der Waals surface area contributed by atoms with Crippen molar-refractivity contribution >= 4 is 24.0 Å². The van der Waals surface area contributed by atoms with Crippen molar-refractivity contribution in [3.63, 3.8) is 0 Å². The first-order valence-corrected chi connectivity index (χ1v) is 5.39. The van der Waals surface area contributed by atoms with Crippen molar-refractivity contribution in [2.45, 2.75) is 25.0 Å². The van der Waals surface area contributed by atoms with Gasteiger partial charge >= 0.3 is 0 Å². The first-order chi connectivity index (χ1) is 7.09. The Kier molecular flexibility index (Phi) is 4.44. The second-order valence-electron chi connectivity index (χ2n) is 4.06. The number of aliphatic hydroxyl groups excluding tert-OH is 1. The summed E-state index contributed by atoms with van der Waals surface area (Å²) in [5, 5.41) is 19.4. The van der Waals surface area contributed by atoms with Crippen LogP contribution in [-0.4, -0.2) is 16.3 Å². The smallest absolute Gasteiger partial charge is 0.134 e. The molecule has 5 heteroatoms. The molecule has 90 valence electrons. The third-order valence-electron chi connectivity index (χ3n) is 2.83. The first-order valence-electron chi connectivity index (χ1n) is 5.01. The summed E-state index contributed by atoms with van der Waals surface area (Å²) in [6.45, 7) is 0. The summed E-state index contributed by atoms with van der Waals surface area (Å²) < 4.78 is 0. The van der Waals surface area contributed by atoms with Crippen molar-refractivity contribution in [1.82, 2.24) is 0 Å². The van der Waals surface area contributed by atoms with Crippen molar-refractivity contribution in [3.8, 4) is 5.75 Å². The molecule has 4 N–H and O–H groups in total. The lowest BCUT2D eigenvalue weighted by Crippen LogP contribution is -2.27. The van der Waals surface area contributed by atoms with Gasteiger partial charge in [-0.1, -0.05) is 17.7 Å². The lowest BCUT2D eigenvalue weighted by Gasteiger charge is -2.19. The molecule has 0 heterocycles. The van der Waals surface area contributed by atoms with Crippen LogP contribution in [0.4, 0.5) is 0 Å². The number of aromatic hydroxyl groups is 1. The summed E-state index contributed by atoms with van der Waals surface area (Å²) in [7, 11) is 0. The summed E-state index contributed by atoms with van der Waals surface area (Å²) >= 11 is 5.77. The van der Waals surface area contributed by atoms with Crippen molar-refractivity contribution < 1.29 is 10.2 Å². The molecule has 0 aliphatic heterocycles. The maximum absolute atomic E-state index is 9.84. The van der Waals surface area contributed by atoms with E-state index in [2.05, 4.69) is 0 Å².